The largest absolute Gasteiger partial charge is 0.497 e. The predicted molar refractivity (Wildman–Crippen MR) is 72.4 cm³/mol. The minimum atomic E-state index is -0.471. The van der Waals surface area contributed by atoms with Gasteiger partial charge in [0, 0.05) is 13.0 Å². The minimum absolute atomic E-state index is 0.365. The van der Waals surface area contributed by atoms with Gasteiger partial charge in [0.15, 0.2) is 6.10 Å². The normalized spacial score (nSPS) is 25.9. The standard InChI is InChI=1S/C15H17N3O2/c1-15(12-4-6-13(19-2)7-5-12)10-14(11-17)20-18(15)9-3-8-16/h4-7,14H,3,9-10H2,1-2H3/t14-,15+/m0/s1. The van der Waals surface area contributed by atoms with Gasteiger partial charge in [-0.1, -0.05) is 12.1 Å². The van der Waals surface area contributed by atoms with Gasteiger partial charge < -0.3 is 4.74 Å². The van der Waals surface area contributed by atoms with E-state index in [1.807, 2.05) is 31.2 Å². The number of rotatable bonds is 4. The molecule has 1 fully saturated rings. The Bertz CT molecular complexity index is 544. The fourth-order valence-electron chi connectivity index (χ4n) is 2.50. The van der Waals surface area contributed by atoms with E-state index in [0.717, 1.165) is 11.3 Å². The first-order chi connectivity index (χ1) is 9.63. The molecule has 0 bridgehead atoms. The molecule has 0 N–H and O–H groups in total. The first-order valence-electron chi connectivity index (χ1n) is 6.49. The number of hydroxylamine groups is 2. The van der Waals surface area contributed by atoms with E-state index in [1.54, 1.807) is 12.2 Å². The summed E-state index contributed by atoms with van der Waals surface area (Å²) in [5.41, 5.74) is 0.651. The summed E-state index contributed by atoms with van der Waals surface area (Å²) in [5.74, 6) is 0.789. The molecule has 104 valence electrons. The Labute approximate surface area is 118 Å². The molecule has 1 aromatic rings. The van der Waals surface area contributed by atoms with Crippen LogP contribution in [-0.2, 0) is 10.4 Å². The highest BCUT2D eigenvalue weighted by atomic mass is 16.7. The van der Waals surface area contributed by atoms with Gasteiger partial charge in [-0.25, -0.2) is 0 Å². The lowest BCUT2D eigenvalue weighted by Gasteiger charge is -2.32. The Morgan fingerprint density at radius 3 is 2.65 bits per heavy atom. The van der Waals surface area contributed by atoms with E-state index in [4.69, 9.17) is 20.1 Å². The van der Waals surface area contributed by atoms with Crippen molar-refractivity contribution in [1.29, 1.82) is 10.5 Å². The summed E-state index contributed by atoms with van der Waals surface area (Å²) >= 11 is 0. The summed E-state index contributed by atoms with van der Waals surface area (Å²) in [5, 5.41) is 19.6. The summed E-state index contributed by atoms with van der Waals surface area (Å²) < 4.78 is 5.16. The molecule has 0 aromatic heterocycles. The quantitative estimate of drug-likeness (QED) is 0.840. The molecule has 1 aliphatic heterocycles. The average Bonchev–Trinajstić information content (AvgIpc) is 2.83. The van der Waals surface area contributed by atoms with E-state index in [1.165, 1.54) is 0 Å². The average molecular weight is 271 g/mol. The van der Waals surface area contributed by atoms with Crippen LogP contribution in [0.3, 0.4) is 0 Å². The first kappa shape index (κ1) is 14.3. The monoisotopic (exact) mass is 271 g/mol. The van der Waals surface area contributed by atoms with Crippen molar-refractivity contribution >= 4 is 0 Å². The van der Waals surface area contributed by atoms with Crippen molar-refractivity contribution in [3.05, 3.63) is 29.8 Å². The summed E-state index contributed by atoms with van der Waals surface area (Å²) in [7, 11) is 1.63. The molecule has 0 aliphatic carbocycles. The van der Waals surface area contributed by atoms with Crippen molar-refractivity contribution in [2.24, 2.45) is 0 Å². The van der Waals surface area contributed by atoms with Crippen LogP contribution >= 0.6 is 0 Å². The molecule has 0 unspecified atom stereocenters. The van der Waals surface area contributed by atoms with Gasteiger partial charge in [0.1, 0.15) is 5.75 Å². The molecule has 0 spiro atoms. The van der Waals surface area contributed by atoms with Gasteiger partial charge in [-0.3, -0.25) is 4.84 Å². The van der Waals surface area contributed by atoms with Gasteiger partial charge in [-0.15, -0.1) is 0 Å². The van der Waals surface area contributed by atoms with E-state index >= 15 is 0 Å². The van der Waals surface area contributed by atoms with Gasteiger partial charge in [0.25, 0.3) is 0 Å². The van der Waals surface area contributed by atoms with Crippen LogP contribution in [0.2, 0.25) is 0 Å². The van der Waals surface area contributed by atoms with Gasteiger partial charge in [-0.05, 0) is 24.6 Å². The van der Waals surface area contributed by atoms with E-state index in [-0.39, 0.29) is 0 Å². The van der Waals surface area contributed by atoms with Crippen LogP contribution in [0.5, 0.6) is 5.75 Å². The molecular weight excluding hydrogens is 254 g/mol. The van der Waals surface area contributed by atoms with E-state index in [2.05, 4.69) is 12.1 Å². The number of methoxy groups -OCH3 is 1. The number of ether oxygens (including phenoxy) is 1. The third-order valence-corrected chi connectivity index (χ3v) is 3.67. The van der Waals surface area contributed by atoms with Gasteiger partial charge in [0.05, 0.1) is 31.2 Å². The molecule has 1 heterocycles. The molecule has 0 saturated carbocycles. The summed E-state index contributed by atoms with van der Waals surface area (Å²) in [6.07, 6.45) is 0.478. The Hall–Kier alpha value is -2.08. The lowest BCUT2D eigenvalue weighted by atomic mass is 9.87. The highest BCUT2D eigenvalue weighted by Crippen LogP contribution is 2.40. The molecule has 0 radical (unpaired) electrons. The van der Waals surface area contributed by atoms with Gasteiger partial charge in [-0.2, -0.15) is 15.6 Å². The summed E-state index contributed by atoms with van der Waals surface area (Å²) in [6.45, 7) is 2.51. The minimum Gasteiger partial charge on any atom is -0.497 e. The Balaban J connectivity index is 2.28. The third-order valence-electron chi connectivity index (χ3n) is 3.67. The van der Waals surface area contributed by atoms with Crippen molar-refractivity contribution in [2.75, 3.05) is 13.7 Å². The lowest BCUT2D eigenvalue weighted by Crippen LogP contribution is -2.38. The Kier molecular flexibility index (Phi) is 4.24. The molecular formula is C15H17N3O2. The maximum atomic E-state index is 9.08. The van der Waals surface area contributed by atoms with Crippen molar-refractivity contribution in [1.82, 2.24) is 5.06 Å². The smallest absolute Gasteiger partial charge is 0.167 e. The predicted octanol–water partition coefficient (Wildman–Crippen LogP) is 2.35. The van der Waals surface area contributed by atoms with Gasteiger partial charge >= 0.3 is 0 Å². The fraction of sp³-hybridized carbons (Fsp3) is 0.467. The molecule has 0 amide bonds. The molecule has 2 atom stereocenters. The number of hydrogen-bond acceptors (Lipinski definition) is 5. The van der Waals surface area contributed by atoms with Crippen LogP contribution in [-0.4, -0.2) is 24.8 Å². The maximum Gasteiger partial charge on any atom is 0.167 e. The maximum absolute atomic E-state index is 9.08. The second kappa shape index (κ2) is 5.92. The fourth-order valence-corrected chi connectivity index (χ4v) is 2.50. The Morgan fingerprint density at radius 2 is 2.10 bits per heavy atom. The molecule has 20 heavy (non-hydrogen) atoms. The molecule has 2 rings (SSSR count). The van der Waals surface area contributed by atoms with Crippen LogP contribution in [0.4, 0.5) is 0 Å². The van der Waals surface area contributed by atoms with Crippen LogP contribution in [0.1, 0.15) is 25.3 Å². The molecule has 1 saturated heterocycles. The summed E-state index contributed by atoms with van der Waals surface area (Å²) in [6, 6.07) is 12.0. The van der Waals surface area contributed by atoms with Gasteiger partial charge in [0.2, 0.25) is 0 Å². The van der Waals surface area contributed by atoms with E-state index in [9.17, 15) is 0 Å². The van der Waals surface area contributed by atoms with Crippen molar-refractivity contribution < 1.29 is 9.57 Å². The molecule has 1 aliphatic rings. The van der Waals surface area contributed by atoms with Crippen LogP contribution in [0.15, 0.2) is 24.3 Å². The number of benzene rings is 1. The molecule has 5 nitrogen and oxygen atoms in total. The van der Waals surface area contributed by atoms with Crippen molar-refractivity contribution in [3.63, 3.8) is 0 Å². The third kappa shape index (κ3) is 2.60. The molecule has 1 aromatic carbocycles. The highest BCUT2D eigenvalue weighted by molar-refractivity contribution is 5.32. The second-order valence-electron chi connectivity index (χ2n) is 4.94. The second-order valence-corrected chi connectivity index (χ2v) is 4.94. The van der Waals surface area contributed by atoms with Crippen LogP contribution in [0, 0.1) is 22.7 Å². The first-order valence-corrected chi connectivity index (χ1v) is 6.49. The highest BCUT2D eigenvalue weighted by Gasteiger charge is 2.44. The van der Waals surface area contributed by atoms with Crippen LogP contribution < -0.4 is 4.74 Å². The lowest BCUT2D eigenvalue weighted by molar-refractivity contribution is -0.174. The zero-order chi connectivity index (χ0) is 14.6. The number of hydrogen-bond donors (Lipinski definition) is 0. The molecule has 5 heteroatoms. The van der Waals surface area contributed by atoms with Crippen molar-refractivity contribution in [2.45, 2.75) is 31.4 Å². The topological polar surface area (TPSA) is 69.3 Å². The zero-order valence-electron chi connectivity index (χ0n) is 11.7. The van der Waals surface area contributed by atoms with E-state index < -0.39 is 11.6 Å². The van der Waals surface area contributed by atoms with E-state index in [0.29, 0.717) is 19.4 Å². The summed E-state index contributed by atoms with van der Waals surface area (Å²) in [4.78, 5) is 5.63. The van der Waals surface area contributed by atoms with Crippen molar-refractivity contribution in [3.8, 4) is 17.9 Å². The van der Waals surface area contributed by atoms with Crippen LogP contribution in [0.25, 0.3) is 0 Å². The number of nitriles is 2. The Morgan fingerprint density at radius 1 is 1.40 bits per heavy atom. The SMILES string of the molecule is COc1ccc([C@@]2(C)C[C@@H](C#N)ON2CCC#N)cc1. The number of nitrogens with zero attached hydrogens (tertiary/aromatic N) is 3. The zero-order valence-corrected chi connectivity index (χ0v) is 11.7.